The number of piperidine rings is 1. The first kappa shape index (κ1) is 12.1. The number of hydrogen-bond donors (Lipinski definition) is 1. The molecule has 3 heterocycles. The van der Waals surface area contributed by atoms with Crippen LogP contribution in [0.25, 0.3) is 4.96 Å². The average molecular weight is 264 g/mol. The molecule has 1 aliphatic rings. The Morgan fingerprint density at radius 1 is 1.44 bits per heavy atom. The largest absolute Gasteiger partial charge is 0.330 e. The molecule has 1 atom stereocenters. The topological polar surface area (TPSA) is 46.6 Å². The summed E-state index contributed by atoms with van der Waals surface area (Å²) in [5, 5.41) is 2.07. The molecular weight excluding hydrogens is 244 g/mol. The SMILES string of the molecule is NCCC1CCCCN1Cc1cn2ccsc2n1. The van der Waals surface area contributed by atoms with Crippen molar-refractivity contribution < 1.29 is 0 Å². The second-order valence-corrected chi connectivity index (χ2v) is 5.90. The zero-order valence-corrected chi connectivity index (χ0v) is 11.4. The Bertz CT molecular complexity index is 473. The molecule has 4 nitrogen and oxygen atoms in total. The van der Waals surface area contributed by atoms with E-state index >= 15 is 0 Å². The first-order chi connectivity index (χ1) is 8.86. The van der Waals surface area contributed by atoms with Crippen LogP contribution in [-0.4, -0.2) is 33.4 Å². The van der Waals surface area contributed by atoms with Gasteiger partial charge < -0.3 is 5.73 Å². The van der Waals surface area contributed by atoms with Crippen molar-refractivity contribution in [2.24, 2.45) is 5.73 Å². The van der Waals surface area contributed by atoms with Gasteiger partial charge in [-0.25, -0.2) is 4.98 Å². The smallest absolute Gasteiger partial charge is 0.193 e. The van der Waals surface area contributed by atoms with Crippen molar-refractivity contribution in [3.63, 3.8) is 0 Å². The predicted molar refractivity (Wildman–Crippen MR) is 74.8 cm³/mol. The molecule has 1 saturated heterocycles. The number of fused-ring (bicyclic) bond motifs is 1. The molecule has 2 aromatic rings. The normalized spacial score (nSPS) is 21.7. The molecule has 0 saturated carbocycles. The number of hydrogen-bond acceptors (Lipinski definition) is 4. The summed E-state index contributed by atoms with van der Waals surface area (Å²) in [6.07, 6.45) is 9.29. The lowest BCUT2D eigenvalue weighted by molar-refractivity contribution is 0.132. The number of likely N-dealkylation sites (tertiary alicyclic amines) is 1. The summed E-state index contributed by atoms with van der Waals surface area (Å²) in [7, 11) is 0. The van der Waals surface area contributed by atoms with Crippen LogP contribution in [0.3, 0.4) is 0 Å². The van der Waals surface area contributed by atoms with Gasteiger partial charge in [-0.3, -0.25) is 9.30 Å². The van der Waals surface area contributed by atoms with Crippen molar-refractivity contribution in [2.75, 3.05) is 13.1 Å². The molecule has 0 spiro atoms. The molecule has 1 unspecified atom stereocenters. The molecule has 1 fully saturated rings. The maximum absolute atomic E-state index is 5.71. The van der Waals surface area contributed by atoms with E-state index in [4.69, 9.17) is 5.73 Å². The van der Waals surface area contributed by atoms with E-state index in [1.807, 2.05) is 0 Å². The van der Waals surface area contributed by atoms with Gasteiger partial charge in [0.25, 0.3) is 0 Å². The number of nitrogens with zero attached hydrogens (tertiary/aromatic N) is 3. The van der Waals surface area contributed by atoms with Crippen LogP contribution in [0.15, 0.2) is 17.8 Å². The van der Waals surface area contributed by atoms with Crippen molar-refractivity contribution in [1.29, 1.82) is 0 Å². The van der Waals surface area contributed by atoms with Crippen LogP contribution in [0.5, 0.6) is 0 Å². The Morgan fingerprint density at radius 2 is 2.39 bits per heavy atom. The fourth-order valence-electron chi connectivity index (χ4n) is 2.85. The van der Waals surface area contributed by atoms with Gasteiger partial charge in [0.1, 0.15) is 0 Å². The van der Waals surface area contributed by atoms with E-state index in [2.05, 4.69) is 32.1 Å². The molecule has 98 valence electrons. The van der Waals surface area contributed by atoms with E-state index < -0.39 is 0 Å². The fraction of sp³-hybridized carbons (Fsp3) is 0.615. The number of imidazole rings is 1. The van der Waals surface area contributed by atoms with E-state index in [-0.39, 0.29) is 0 Å². The Morgan fingerprint density at radius 3 is 3.22 bits per heavy atom. The van der Waals surface area contributed by atoms with Crippen LogP contribution in [0.2, 0.25) is 0 Å². The number of rotatable bonds is 4. The van der Waals surface area contributed by atoms with Gasteiger partial charge in [-0.2, -0.15) is 0 Å². The molecule has 0 aliphatic carbocycles. The van der Waals surface area contributed by atoms with Crippen molar-refractivity contribution in [3.05, 3.63) is 23.5 Å². The third-order valence-corrected chi connectivity index (χ3v) is 4.53. The summed E-state index contributed by atoms with van der Waals surface area (Å²) in [6, 6.07) is 0.656. The molecule has 2 aromatic heterocycles. The Hall–Kier alpha value is -0.910. The monoisotopic (exact) mass is 264 g/mol. The molecule has 18 heavy (non-hydrogen) atoms. The minimum absolute atomic E-state index is 0.656. The average Bonchev–Trinajstić information content (AvgIpc) is 2.92. The summed E-state index contributed by atoms with van der Waals surface area (Å²) < 4.78 is 2.11. The van der Waals surface area contributed by atoms with Crippen LogP contribution in [0.4, 0.5) is 0 Å². The highest BCUT2D eigenvalue weighted by atomic mass is 32.1. The highest BCUT2D eigenvalue weighted by molar-refractivity contribution is 7.15. The summed E-state index contributed by atoms with van der Waals surface area (Å²) in [6.45, 7) is 2.95. The lowest BCUT2D eigenvalue weighted by Gasteiger charge is -2.35. The highest BCUT2D eigenvalue weighted by Gasteiger charge is 2.22. The van der Waals surface area contributed by atoms with E-state index in [1.165, 1.54) is 31.5 Å². The minimum Gasteiger partial charge on any atom is -0.330 e. The molecule has 0 amide bonds. The fourth-order valence-corrected chi connectivity index (χ4v) is 3.57. The van der Waals surface area contributed by atoms with Crippen molar-refractivity contribution in [3.8, 4) is 0 Å². The quantitative estimate of drug-likeness (QED) is 0.920. The summed E-state index contributed by atoms with van der Waals surface area (Å²) in [5.74, 6) is 0. The molecular formula is C13H20N4S. The second-order valence-electron chi connectivity index (χ2n) is 5.02. The zero-order valence-electron chi connectivity index (χ0n) is 10.6. The number of nitrogens with two attached hydrogens (primary N) is 1. The first-order valence-corrected chi connectivity index (χ1v) is 7.60. The van der Waals surface area contributed by atoms with Gasteiger partial charge in [0.05, 0.1) is 5.69 Å². The number of aromatic nitrogens is 2. The second kappa shape index (κ2) is 5.38. The van der Waals surface area contributed by atoms with Crippen LogP contribution in [0.1, 0.15) is 31.4 Å². The van der Waals surface area contributed by atoms with Crippen LogP contribution >= 0.6 is 11.3 Å². The maximum Gasteiger partial charge on any atom is 0.193 e. The van der Waals surface area contributed by atoms with E-state index in [1.54, 1.807) is 11.3 Å². The van der Waals surface area contributed by atoms with Gasteiger partial charge in [0.2, 0.25) is 0 Å². The van der Waals surface area contributed by atoms with Crippen molar-refractivity contribution in [1.82, 2.24) is 14.3 Å². The van der Waals surface area contributed by atoms with E-state index in [9.17, 15) is 0 Å². The van der Waals surface area contributed by atoms with E-state index in [0.717, 1.165) is 24.5 Å². The summed E-state index contributed by atoms with van der Waals surface area (Å²) in [4.78, 5) is 8.32. The molecule has 0 radical (unpaired) electrons. The third-order valence-electron chi connectivity index (χ3n) is 3.76. The Labute approximate surface area is 111 Å². The van der Waals surface area contributed by atoms with Gasteiger partial charge in [0.15, 0.2) is 4.96 Å². The molecule has 1 aliphatic heterocycles. The molecule has 5 heteroatoms. The van der Waals surface area contributed by atoms with Gasteiger partial charge >= 0.3 is 0 Å². The number of thiazole rings is 1. The summed E-state index contributed by atoms with van der Waals surface area (Å²) >= 11 is 1.69. The molecule has 0 bridgehead atoms. The Kier molecular flexibility index (Phi) is 3.63. The van der Waals surface area contributed by atoms with Crippen LogP contribution in [0, 0.1) is 0 Å². The first-order valence-electron chi connectivity index (χ1n) is 6.72. The minimum atomic E-state index is 0.656. The lowest BCUT2D eigenvalue weighted by Crippen LogP contribution is -2.40. The van der Waals surface area contributed by atoms with Crippen molar-refractivity contribution >= 4 is 16.3 Å². The molecule has 3 rings (SSSR count). The van der Waals surface area contributed by atoms with Gasteiger partial charge in [-0.15, -0.1) is 11.3 Å². The van der Waals surface area contributed by atoms with Crippen LogP contribution < -0.4 is 5.73 Å². The van der Waals surface area contributed by atoms with Crippen LogP contribution in [-0.2, 0) is 6.54 Å². The van der Waals surface area contributed by atoms with Crippen molar-refractivity contribution in [2.45, 2.75) is 38.3 Å². The molecule has 0 aromatic carbocycles. The Balaban J connectivity index is 1.71. The zero-order chi connectivity index (χ0) is 12.4. The van der Waals surface area contributed by atoms with E-state index in [0.29, 0.717) is 6.04 Å². The highest BCUT2D eigenvalue weighted by Crippen LogP contribution is 2.22. The lowest BCUT2D eigenvalue weighted by atomic mass is 9.99. The summed E-state index contributed by atoms with van der Waals surface area (Å²) in [5.41, 5.74) is 6.90. The maximum atomic E-state index is 5.71. The standard InChI is InChI=1S/C13H20N4S/c14-5-4-12-3-1-2-6-16(12)9-11-10-17-7-8-18-13(17)15-11/h7-8,10,12H,1-6,9,14H2. The molecule has 2 N–H and O–H groups in total. The predicted octanol–water partition coefficient (Wildman–Crippen LogP) is 2.10. The van der Waals surface area contributed by atoms with Gasteiger partial charge in [-0.05, 0) is 32.4 Å². The third kappa shape index (κ3) is 2.43. The van der Waals surface area contributed by atoms with Gasteiger partial charge in [-0.1, -0.05) is 6.42 Å². The van der Waals surface area contributed by atoms with Gasteiger partial charge in [0, 0.05) is 30.4 Å².